The van der Waals surface area contributed by atoms with Crippen molar-refractivity contribution < 1.29 is 13.9 Å². The van der Waals surface area contributed by atoms with Gasteiger partial charge in [-0.1, -0.05) is 49.4 Å². The van der Waals surface area contributed by atoms with Gasteiger partial charge in [0.25, 0.3) is 0 Å². The van der Waals surface area contributed by atoms with Crippen molar-refractivity contribution in [2.75, 3.05) is 11.9 Å². The molecule has 1 unspecified atom stereocenters. The van der Waals surface area contributed by atoms with Crippen molar-refractivity contribution in [1.29, 1.82) is 0 Å². The third kappa shape index (κ3) is 5.27. The predicted molar refractivity (Wildman–Crippen MR) is 129 cm³/mol. The van der Waals surface area contributed by atoms with Crippen molar-refractivity contribution in [3.8, 4) is 11.1 Å². The van der Waals surface area contributed by atoms with E-state index in [9.17, 15) is 4.79 Å². The first-order valence-electron chi connectivity index (χ1n) is 11.6. The van der Waals surface area contributed by atoms with Crippen LogP contribution in [0.15, 0.2) is 48.5 Å². The molecule has 0 saturated heterocycles. The SMILES string of the molecule is CC(c1ccc(-c2ccccc2)c(F)c1)c1nn2c(c1CCC(=O)OC(C)(C)C)NCCC2. The van der Waals surface area contributed by atoms with Gasteiger partial charge in [0.15, 0.2) is 0 Å². The molecule has 0 fully saturated rings. The highest BCUT2D eigenvalue weighted by atomic mass is 19.1. The highest BCUT2D eigenvalue weighted by Crippen LogP contribution is 2.35. The maximum absolute atomic E-state index is 15.1. The zero-order valence-electron chi connectivity index (χ0n) is 19.8. The smallest absolute Gasteiger partial charge is 0.306 e. The molecule has 1 atom stereocenters. The molecule has 0 amide bonds. The van der Waals surface area contributed by atoms with Gasteiger partial charge in [-0.15, -0.1) is 0 Å². The minimum absolute atomic E-state index is 0.113. The van der Waals surface area contributed by atoms with E-state index in [4.69, 9.17) is 9.84 Å². The monoisotopic (exact) mass is 449 g/mol. The van der Waals surface area contributed by atoms with Crippen LogP contribution in [0.25, 0.3) is 11.1 Å². The maximum Gasteiger partial charge on any atom is 0.306 e. The molecule has 4 rings (SSSR count). The topological polar surface area (TPSA) is 56.2 Å². The van der Waals surface area contributed by atoms with Gasteiger partial charge in [0, 0.05) is 36.6 Å². The average molecular weight is 450 g/mol. The van der Waals surface area contributed by atoms with Crippen molar-refractivity contribution in [2.24, 2.45) is 0 Å². The molecule has 2 aromatic carbocycles. The van der Waals surface area contributed by atoms with Crippen molar-refractivity contribution in [3.05, 3.63) is 71.2 Å². The number of aryl methyl sites for hydroxylation is 1. The van der Waals surface area contributed by atoms with Crippen LogP contribution in [0.5, 0.6) is 0 Å². The minimum atomic E-state index is -0.512. The number of nitrogens with zero attached hydrogens (tertiary/aromatic N) is 2. The number of anilines is 1. The van der Waals surface area contributed by atoms with Crippen molar-refractivity contribution in [1.82, 2.24) is 9.78 Å². The summed E-state index contributed by atoms with van der Waals surface area (Å²) in [5.41, 5.74) is 3.69. The molecule has 174 valence electrons. The number of aromatic nitrogens is 2. The molecule has 1 aliphatic heterocycles. The normalized spacial score (nSPS) is 14.3. The third-order valence-electron chi connectivity index (χ3n) is 5.91. The van der Waals surface area contributed by atoms with E-state index in [0.717, 1.165) is 47.7 Å². The number of nitrogens with one attached hydrogen (secondary N) is 1. The van der Waals surface area contributed by atoms with Gasteiger partial charge in [0.1, 0.15) is 17.2 Å². The van der Waals surface area contributed by atoms with Crippen molar-refractivity contribution in [2.45, 2.75) is 65.0 Å². The molecule has 1 aromatic heterocycles. The zero-order valence-corrected chi connectivity index (χ0v) is 19.8. The molecule has 5 nitrogen and oxygen atoms in total. The minimum Gasteiger partial charge on any atom is -0.460 e. The van der Waals surface area contributed by atoms with E-state index < -0.39 is 5.60 Å². The van der Waals surface area contributed by atoms with Crippen LogP contribution in [0.4, 0.5) is 10.2 Å². The van der Waals surface area contributed by atoms with E-state index in [1.165, 1.54) is 0 Å². The molecular weight excluding hydrogens is 417 g/mol. The number of carbonyl (C=O) groups excluding carboxylic acids is 1. The quantitative estimate of drug-likeness (QED) is 0.474. The number of fused-ring (bicyclic) bond motifs is 1. The highest BCUT2D eigenvalue weighted by Gasteiger charge is 2.26. The summed E-state index contributed by atoms with van der Waals surface area (Å²) >= 11 is 0. The van der Waals surface area contributed by atoms with Crippen LogP contribution in [0.2, 0.25) is 0 Å². The van der Waals surface area contributed by atoms with Crippen LogP contribution in [-0.2, 0) is 22.5 Å². The molecular formula is C27H32FN3O2. The second-order valence-electron chi connectivity index (χ2n) is 9.63. The van der Waals surface area contributed by atoms with Crippen LogP contribution in [0.3, 0.4) is 0 Å². The number of carbonyl (C=O) groups is 1. The lowest BCUT2D eigenvalue weighted by molar-refractivity contribution is -0.154. The fourth-order valence-corrected chi connectivity index (χ4v) is 4.34. The Morgan fingerprint density at radius 2 is 1.97 bits per heavy atom. The molecule has 0 radical (unpaired) electrons. The lowest BCUT2D eigenvalue weighted by Gasteiger charge is -2.20. The Bertz CT molecular complexity index is 1130. The van der Waals surface area contributed by atoms with E-state index in [2.05, 4.69) is 5.32 Å². The summed E-state index contributed by atoms with van der Waals surface area (Å²) < 4.78 is 22.5. The van der Waals surface area contributed by atoms with E-state index in [0.29, 0.717) is 12.0 Å². The summed E-state index contributed by atoms with van der Waals surface area (Å²) in [4.78, 5) is 12.4. The Hall–Kier alpha value is -3.15. The lowest BCUT2D eigenvalue weighted by Crippen LogP contribution is -2.24. The summed E-state index contributed by atoms with van der Waals surface area (Å²) in [5, 5.41) is 8.32. The maximum atomic E-state index is 15.1. The van der Waals surface area contributed by atoms with E-state index in [1.54, 1.807) is 6.07 Å². The van der Waals surface area contributed by atoms with Gasteiger partial charge in [-0.2, -0.15) is 5.10 Å². The van der Waals surface area contributed by atoms with Gasteiger partial charge in [-0.3, -0.25) is 4.79 Å². The molecule has 33 heavy (non-hydrogen) atoms. The second-order valence-corrected chi connectivity index (χ2v) is 9.63. The molecule has 2 heterocycles. The van der Waals surface area contributed by atoms with Gasteiger partial charge in [0.2, 0.25) is 0 Å². The Kier molecular flexibility index (Phi) is 6.54. The number of hydrogen-bond donors (Lipinski definition) is 1. The summed E-state index contributed by atoms with van der Waals surface area (Å²) in [6.07, 6.45) is 1.80. The number of esters is 1. The summed E-state index contributed by atoms with van der Waals surface area (Å²) in [6, 6.07) is 15.0. The third-order valence-corrected chi connectivity index (χ3v) is 5.91. The van der Waals surface area contributed by atoms with Gasteiger partial charge < -0.3 is 10.1 Å². The Morgan fingerprint density at radius 3 is 2.67 bits per heavy atom. The van der Waals surface area contributed by atoms with Crippen molar-refractivity contribution >= 4 is 11.8 Å². The van der Waals surface area contributed by atoms with Crippen LogP contribution in [0, 0.1) is 5.82 Å². The first-order valence-corrected chi connectivity index (χ1v) is 11.6. The highest BCUT2D eigenvalue weighted by molar-refractivity contribution is 5.71. The van der Waals surface area contributed by atoms with Crippen molar-refractivity contribution in [3.63, 3.8) is 0 Å². The number of benzene rings is 2. The van der Waals surface area contributed by atoms with Crippen LogP contribution < -0.4 is 5.32 Å². The number of ether oxygens (including phenoxy) is 1. The largest absolute Gasteiger partial charge is 0.460 e. The predicted octanol–water partition coefficient (Wildman–Crippen LogP) is 5.93. The first kappa shape index (κ1) is 23.0. The molecule has 0 bridgehead atoms. The van der Waals surface area contributed by atoms with Crippen LogP contribution >= 0.6 is 0 Å². The summed E-state index contributed by atoms with van der Waals surface area (Å²) in [7, 11) is 0. The van der Waals surface area contributed by atoms with Crippen LogP contribution in [0.1, 0.15) is 63.3 Å². The second kappa shape index (κ2) is 9.38. The molecule has 6 heteroatoms. The summed E-state index contributed by atoms with van der Waals surface area (Å²) in [5.74, 6) is 0.379. The van der Waals surface area contributed by atoms with Crippen LogP contribution in [-0.4, -0.2) is 27.9 Å². The van der Waals surface area contributed by atoms with Gasteiger partial charge in [-0.05, 0) is 50.8 Å². The number of halogens is 1. The molecule has 1 N–H and O–H groups in total. The standard InChI is InChI=1S/C27H32FN3O2/c1-18(20-11-12-21(23(28)17-20)19-9-6-5-7-10-19)25-22(13-14-24(32)33-27(2,3)4)26-29-15-8-16-31(26)30-25/h5-7,9-12,17-18,29H,8,13-16H2,1-4H3. The fraction of sp³-hybridized carbons (Fsp3) is 0.407. The molecule has 0 aliphatic carbocycles. The van der Waals surface area contributed by atoms with E-state index in [-0.39, 0.29) is 24.1 Å². The lowest BCUT2D eigenvalue weighted by atomic mass is 9.91. The molecule has 0 spiro atoms. The zero-order chi connectivity index (χ0) is 23.6. The van der Waals surface area contributed by atoms with Gasteiger partial charge in [-0.25, -0.2) is 9.07 Å². The first-order chi connectivity index (χ1) is 15.7. The average Bonchev–Trinajstić information content (AvgIpc) is 3.15. The molecule has 1 aliphatic rings. The number of rotatable bonds is 6. The molecule has 3 aromatic rings. The summed E-state index contributed by atoms with van der Waals surface area (Å²) in [6.45, 7) is 9.36. The number of hydrogen-bond acceptors (Lipinski definition) is 4. The Morgan fingerprint density at radius 1 is 1.21 bits per heavy atom. The van der Waals surface area contributed by atoms with Gasteiger partial charge in [0.05, 0.1) is 5.69 Å². The van der Waals surface area contributed by atoms with Gasteiger partial charge >= 0.3 is 5.97 Å². The van der Waals surface area contributed by atoms with E-state index >= 15 is 4.39 Å². The molecule has 0 saturated carbocycles. The van der Waals surface area contributed by atoms with E-state index in [1.807, 2.05) is 74.8 Å². The Labute approximate surface area is 195 Å². The fourth-order valence-electron chi connectivity index (χ4n) is 4.34. The Balaban J connectivity index is 1.62.